The van der Waals surface area contributed by atoms with E-state index in [1.807, 2.05) is 0 Å². The molecule has 0 saturated carbocycles. The van der Waals surface area contributed by atoms with Crippen LogP contribution < -0.4 is 10.6 Å². The number of anilines is 4. The van der Waals surface area contributed by atoms with Gasteiger partial charge in [0.05, 0.1) is 33.9 Å². The van der Waals surface area contributed by atoms with E-state index in [-0.39, 0.29) is 11.0 Å². The number of nitrogens with zero attached hydrogens (tertiary/aromatic N) is 7. The summed E-state index contributed by atoms with van der Waals surface area (Å²) in [5.41, 5.74) is 6.71. The Bertz CT molecular complexity index is 1700. The smallest absolute Gasteiger partial charge is 0.209 e. The van der Waals surface area contributed by atoms with E-state index in [4.69, 9.17) is 9.98 Å². The van der Waals surface area contributed by atoms with Crippen molar-refractivity contribution in [2.24, 2.45) is 9.98 Å². The number of carbonyl (C=O) groups is 1. The summed E-state index contributed by atoms with van der Waals surface area (Å²) in [7, 11) is 7.74. The number of aliphatic imine (C=N–C) groups is 2. The number of fused-ring (bicyclic) bond motifs is 4. The highest BCUT2D eigenvalue weighted by atomic mass is 32.1. The lowest BCUT2D eigenvalue weighted by molar-refractivity contribution is -0.115. The average Bonchev–Trinajstić information content (AvgIpc) is 3.55. The van der Waals surface area contributed by atoms with Gasteiger partial charge in [0.2, 0.25) is 6.41 Å². The summed E-state index contributed by atoms with van der Waals surface area (Å²) < 4.78 is 0. The SMILES string of the molecule is CN(C)C=O.Cc1cc2c(s1)Nc1ccccc1N=C2N1CCN(C)CC1.Cc1cc2c(s1)Nc1ccccc1N=C2N1CCN(C)CC1.O.O. The zero-order valence-electron chi connectivity index (χ0n) is 30.4. The molecular formula is C37H51N9O3S2. The van der Waals surface area contributed by atoms with Crippen LogP contribution in [-0.4, -0.2) is 134 Å². The Morgan fingerprint density at radius 3 is 1.35 bits per heavy atom. The fourth-order valence-electron chi connectivity index (χ4n) is 6.01. The summed E-state index contributed by atoms with van der Waals surface area (Å²) in [6, 6.07) is 21.1. The van der Waals surface area contributed by atoms with Crippen LogP contribution in [0, 0.1) is 13.8 Å². The zero-order chi connectivity index (χ0) is 34.5. The molecule has 51 heavy (non-hydrogen) atoms. The fraction of sp³-hybridized carbons (Fsp3) is 0.378. The van der Waals surface area contributed by atoms with Crippen molar-refractivity contribution in [1.82, 2.24) is 24.5 Å². The number of thiophene rings is 2. The van der Waals surface area contributed by atoms with Gasteiger partial charge in [-0.3, -0.25) is 4.79 Å². The van der Waals surface area contributed by atoms with Gasteiger partial charge in [-0.05, 0) is 64.3 Å². The molecule has 0 bridgehead atoms. The van der Waals surface area contributed by atoms with Gasteiger partial charge in [-0.1, -0.05) is 24.3 Å². The van der Waals surface area contributed by atoms with Crippen LogP contribution in [0.2, 0.25) is 0 Å². The lowest BCUT2D eigenvalue weighted by Gasteiger charge is -2.34. The summed E-state index contributed by atoms with van der Waals surface area (Å²) in [5, 5.41) is 9.55. The highest BCUT2D eigenvalue weighted by Crippen LogP contribution is 2.40. The van der Waals surface area contributed by atoms with Gasteiger partial charge in [0.25, 0.3) is 0 Å². The number of hydrogen-bond acceptors (Lipinski definition) is 11. The predicted molar refractivity (Wildman–Crippen MR) is 215 cm³/mol. The molecule has 14 heteroatoms. The molecule has 6 N–H and O–H groups in total. The molecule has 2 aromatic heterocycles. The number of carbonyl (C=O) groups excluding carboxylic acids is 1. The quantitative estimate of drug-likeness (QED) is 0.264. The number of amides is 1. The number of hydrogen-bond donors (Lipinski definition) is 2. The second kappa shape index (κ2) is 17.8. The van der Waals surface area contributed by atoms with Crippen LogP contribution in [0.3, 0.4) is 0 Å². The Labute approximate surface area is 309 Å². The highest BCUT2D eigenvalue weighted by molar-refractivity contribution is 7.17. The normalized spacial score (nSPS) is 16.3. The van der Waals surface area contributed by atoms with E-state index in [9.17, 15) is 4.79 Å². The molecule has 0 radical (unpaired) electrons. The molecule has 4 aliphatic heterocycles. The minimum absolute atomic E-state index is 0. The molecule has 274 valence electrons. The number of aryl methyl sites for hydroxylation is 2. The first-order chi connectivity index (χ1) is 23.7. The predicted octanol–water partition coefficient (Wildman–Crippen LogP) is 4.93. The highest BCUT2D eigenvalue weighted by Gasteiger charge is 2.27. The minimum Gasteiger partial charge on any atom is -0.412 e. The van der Waals surface area contributed by atoms with Crippen molar-refractivity contribution in [3.05, 3.63) is 81.5 Å². The van der Waals surface area contributed by atoms with Gasteiger partial charge in [-0.2, -0.15) is 0 Å². The number of likely N-dealkylation sites (N-methyl/N-ethyl adjacent to an activating group) is 2. The van der Waals surface area contributed by atoms with E-state index in [0.29, 0.717) is 0 Å². The number of rotatable bonds is 1. The molecule has 8 rings (SSSR count). The Morgan fingerprint density at radius 1 is 0.647 bits per heavy atom. The summed E-state index contributed by atoms with van der Waals surface area (Å²) in [4.78, 5) is 33.1. The van der Waals surface area contributed by atoms with Crippen molar-refractivity contribution in [2.75, 3.05) is 91.2 Å². The molecule has 0 aliphatic carbocycles. The van der Waals surface area contributed by atoms with Crippen LogP contribution in [-0.2, 0) is 4.79 Å². The summed E-state index contributed by atoms with van der Waals surface area (Å²) in [6.07, 6.45) is 0.750. The van der Waals surface area contributed by atoms with Gasteiger partial charge in [0, 0.05) is 76.2 Å². The lowest BCUT2D eigenvalue weighted by atomic mass is 10.2. The van der Waals surface area contributed by atoms with E-state index in [1.54, 1.807) is 36.8 Å². The van der Waals surface area contributed by atoms with Gasteiger partial charge in [0.1, 0.15) is 21.7 Å². The second-order valence-corrected chi connectivity index (χ2v) is 15.5. The first kappa shape index (κ1) is 39.5. The van der Waals surface area contributed by atoms with Crippen LogP contribution in [0.25, 0.3) is 0 Å². The number of benzene rings is 2. The molecule has 0 atom stereocenters. The number of piperazine rings is 2. The monoisotopic (exact) mass is 733 g/mol. The average molecular weight is 734 g/mol. The molecule has 4 aromatic rings. The third-order valence-electron chi connectivity index (χ3n) is 8.77. The number of amidine groups is 2. The Balaban J connectivity index is 0.000000196. The van der Waals surface area contributed by atoms with Gasteiger partial charge in [0.15, 0.2) is 0 Å². The minimum atomic E-state index is 0. The molecule has 2 fully saturated rings. The number of nitrogens with one attached hydrogen (secondary N) is 2. The third-order valence-corrected chi connectivity index (χ3v) is 10.7. The van der Waals surface area contributed by atoms with Crippen molar-refractivity contribution < 1.29 is 15.7 Å². The topological polar surface area (TPSA) is 145 Å². The molecule has 12 nitrogen and oxygen atoms in total. The van der Waals surface area contributed by atoms with Crippen molar-refractivity contribution in [3.63, 3.8) is 0 Å². The third kappa shape index (κ3) is 9.52. The fourth-order valence-corrected chi connectivity index (χ4v) is 7.85. The van der Waals surface area contributed by atoms with E-state index in [0.717, 1.165) is 93.2 Å². The van der Waals surface area contributed by atoms with Crippen molar-refractivity contribution in [3.8, 4) is 0 Å². The van der Waals surface area contributed by atoms with Gasteiger partial charge >= 0.3 is 0 Å². The van der Waals surface area contributed by atoms with Crippen LogP contribution >= 0.6 is 22.7 Å². The summed E-state index contributed by atoms with van der Waals surface area (Å²) in [5.74, 6) is 2.23. The second-order valence-electron chi connectivity index (χ2n) is 13.0. The van der Waals surface area contributed by atoms with Crippen molar-refractivity contribution in [2.45, 2.75) is 13.8 Å². The first-order valence-electron chi connectivity index (χ1n) is 16.8. The van der Waals surface area contributed by atoms with E-state index >= 15 is 0 Å². The largest absolute Gasteiger partial charge is 0.412 e. The number of para-hydroxylation sites is 4. The standard InChI is InChI=1S/2C17H20N4S.C3H7NO.2H2O/c2*1-12-11-13-16(21-9-7-20(2)8-10-21)18-14-5-3-4-6-15(14)19-17(13)22-12;1-4(2)3-5;;/h2*3-6,11,19H,7-10H2,1-2H3;3H,1-2H3;2*1H2. The van der Waals surface area contributed by atoms with Crippen molar-refractivity contribution in [1.29, 1.82) is 0 Å². The maximum absolute atomic E-state index is 9.43. The molecule has 0 spiro atoms. The molecule has 2 saturated heterocycles. The maximum atomic E-state index is 9.43. The Kier molecular flexibility index (Phi) is 13.7. The van der Waals surface area contributed by atoms with Gasteiger partial charge in [-0.25, -0.2) is 9.98 Å². The van der Waals surface area contributed by atoms with Crippen LogP contribution in [0.15, 0.2) is 70.6 Å². The van der Waals surface area contributed by atoms with E-state index < -0.39 is 0 Å². The van der Waals surface area contributed by atoms with Crippen molar-refractivity contribution >= 4 is 73.5 Å². The molecule has 6 heterocycles. The van der Waals surface area contributed by atoms with E-state index in [1.165, 1.54) is 35.8 Å². The first-order valence-corrected chi connectivity index (χ1v) is 18.4. The van der Waals surface area contributed by atoms with Gasteiger partial charge < -0.3 is 46.1 Å². The lowest BCUT2D eigenvalue weighted by Crippen LogP contribution is -2.47. The zero-order valence-corrected chi connectivity index (χ0v) is 32.0. The summed E-state index contributed by atoms with van der Waals surface area (Å²) in [6.45, 7) is 12.8. The molecule has 2 aromatic carbocycles. The molecule has 0 unspecified atom stereocenters. The Hall–Kier alpha value is -4.31. The Morgan fingerprint density at radius 2 is 1.00 bits per heavy atom. The van der Waals surface area contributed by atoms with Crippen LogP contribution in [0.1, 0.15) is 20.9 Å². The molecule has 1 amide bonds. The van der Waals surface area contributed by atoms with Crippen LogP contribution in [0.5, 0.6) is 0 Å². The molecular weight excluding hydrogens is 683 g/mol. The summed E-state index contributed by atoms with van der Waals surface area (Å²) >= 11 is 3.61. The van der Waals surface area contributed by atoms with Gasteiger partial charge in [-0.15, -0.1) is 22.7 Å². The molecule has 4 aliphatic rings. The maximum Gasteiger partial charge on any atom is 0.209 e. The van der Waals surface area contributed by atoms with E-state index in [2.05, 4.69) is 119 Å². The van der Waals surface area contributed by atoms with Crippen LogP contribution in [0.4, 0.5) is 32.8 Å².